The van der Waals surface area contributed by atoms with Crippen LogP contribution in [0.15, 0.2) is 5.16 Å². The molecule has 0 saturated heterocycles. The second-order valence-electron chi connectivity index (χ2n) is 5.43. The van der Waals surface area contributed by atoms with E-state index in [0.717, 1.165) is 5.71 Å². The summed E-state index contributed by atoms with van der Waals surface area (Å²) >= 11 is 0. The molecule has 3 nitrogen and oxygen atoms in total. The summed E-state index contributed by atoms with van der Waals surface area (Å²) in [4.78, 5) is 0. The molecule has 0 aliphatic carbocycles. The van der Waals surface area contributed by atoms with Crippen molar-refractivity contribution in [1.29, 1.82) is 0 Å². The van der Waals surface area contributed by atoms with E-state index in [2.05, 4.69) is 44.4 Å². The molecule has 0 fully saturated rings. The summed E-state index contributed by atoms with van der Waals surface area (Å²) in [6.45, 7) is 15.4. The Balaban J connectivity index is 3.91. The van der Waals surface area contributed by atoms with Gasteiger partial charge >= 0.3 is 0 Å². The van der Waals surface area contributed by atoms with E-state index in [-0.39, 0.29) is 0 Å². The van der Waals surface area contributed by atoms with Gasteiger partial charge in [0.25, 0.3) is 8.32 Å². The van der Waals surface area contributed by atoms with Crippen molar-refractivity contribution in [2.75, 3.05) is 6.61 Å². The molecular formula is C9H23NO2Si2. The summed E-state index contributed by atoms with van der Waals surface area (Å²) < 4.78 is 11.1. The first-order valence-corrected chi connectivity index (χ1v) is 11.8. The fourth-order valence-corrected chi connectivity index (χ4v) is 1.63. The zero-order valence-electron chi connectivity index (χ0n) is 10.5. The van der Waals surface area contributed by atoms with Crippen molar-refractivity contribution in [3.8, 4) is 0 Å². The molecule has 0 heterocycles. The molecule has 0 unspecified atom stereocenters. The molecule has 0 aliphatic rings. The zero-order valence-corrected chi connectivity index (χ0v) is 12.5. The third-order valence-electron chi connectivity index (χ3n) is 1.19. The molecule has 0 N–H and O–H groups in total. The molecule has 0 aromatic carbocycles. The Labute approximate surface area is 89.7 Å². The van der Waals surface area contributed by atoms with Gasteiger partial charge < -0.3 is 8.95 Å². The van der Waals surface area contributed by atoms with E-state index in [9.17, 15) is 0 Å². The second-order valence-corrected chi connectivity index (χ2v) is 14.4. The normalized spacial score (nSPS) is 14.4. The molecule has 0 aromatic heterocycles. The molecule has 0 aromatic rings. The van der Waals surface area contributed by atoms with Crippen LogP contribution < -0.4 is 0 Å². The van der Waals surface area contributed by atoms with Crippen LogP contribution in [0.4, 0.5) is 0 Å². The van der Waals surface area contributed by atoms with Crippen LogP contribution in [0, 0.1) is 0 Å². The molecule has 0 amide bonds. The largest absolute Gasteiger partial charge is 0.456 e. The first-order valence-electron chi connectivity index (χ1n) is 4.96. The van der Waals surface area contributed by atoms with Crippen LogP contribution in [0.25, 0.3) is 0 Å². The molecule has 14 heavy (non-hydrogen) atoms. The van der Waals surface area contributed by atoms with Gasteiger partial charge in [0, 0.05) is 0 Å². The van der Waals surface area contributed by atoms with Crippen molar-refractivity contribution in [1.82, 2.24) is 0 Å². The van der Waals surface area contributed by atoms with Crippen molar-refractivity contribution in [2.45, 2.75) is 46.2 Å². The molecular weight excluding hydrogens is 210 g/mol. The third kappa shape index (κ3) is 9.95. The van der Waals surface area contributed by atoms with E-state index in [1.165, 1.54) is 0 Å². The number of rotatable bonds is 5. The Kier molecular flexibility index (Phi) is 5.04. The maximum atomic E-state index is 5.70. The molecule has 0 rings (SSSR count). The molecule has 5 heteroatoms. The summed E-state index contributed by atoms with van der Waals surface area (Å²) in [7, 11) is -2.95. The average Bonchev–Trinajstić information content (AvgIpc) is 1.94. The van der Waals surface area contributed by atoms with Gasteiger partial charge in [-0.3, -0.25) is 0 Å². The minimum Gasteiger partial charge on any atom is -0.456 e. The highest BCUT2D eigenvalue weighted by atomic mass is 28.4. The van der Waals surface area contributed by atoms with E-state index >= 15 is 0 Å². The van der Waals surface area contributed by atoms with E-state index < -0.39 is 16.6 Å². The summed E-state index contributed by atoms with van der Waals surface area (Å²) in [6.07, 6.45) is 0. The maximum absolute atomic E-state index is 5.70. The highest BCUT2D eigenvalue weighted by molar-refractivity contribution is 6.70. The fraction of sp³-hybridized carbons (Fsp3) is 0.889. The van der Waals surface area contributed by atoms with Crippen molar-refractivity contribution >= 4 is 22.3 Å². The lowest BCUT2D eigenvalue weighted by Crippen LogP contribution is -2.29. The highest BCUT2D eigenvalue weighted by Crippen LogP contribution is 2.05. The Hall–Kier alpha value is -0.136. The molecule has 0 atom stereocenters. The SMILES string of the molecule is CC(CO[Si](C)(C)C)=NO[Si](C)(C)C. The number of hydrogen-bond acceptors (Lipinski definition) is 3. The van der Waals surface area contributed by atoms with Crippen LogP contribution in [-0.4, -0.2) is 29.0 Å². The van der Waals surface area contributed by atoms with E-state index in [1.807, 2.05) is 6.92 Å². The lowest BCUT2D eigenvalue weighted by molar-refractivity contribution is 0.319. The Morgan fingerprint density at radius 2 is 1.50 bits per heavy atom. The van der Waals surface area contributed by atoms with Crippen LogP contribution in [0.3, 0.4) is 0 Å². The Bertz CT molecular complexity index is 204. The van der Waals surface area contributed by atoms with Crippen LogP contribution in [0.5, 0.6) is 0 Å². The van der Waals surface area contributed by atoms with Gasteiger partial charge in [0.2, 0.25) is 0 Å². The van der Waals surface area contributed by atoms with Crippen molar-refractivity contribution in [2.24, 2.45) is 5.16 Å². The first kappa shape index (κ1) is 13.9. The highest BCUT2D eigenvalue weighted by Gasteiger charge is 2.17. The topological polar surface area (TPSA) is 30.8 Å². The van der Waals surface area contributed by atoms with Crippen LogP contribution in [0.2, 0.25) is 39.3 Å². The lowest BCUT2D eigenvalue weighted by Gasteiger charge is -2.18. The van der Waals surface area contributed by atoms with E-state index in [0.29, 0.717) is 6.61 Å². The minimum atomic E-state index is -1.53. The van der Waals surface area contributed by atoms with Crippen LogP contribution >= 0.6 is 0 Å². The fourth-order valence-electron chi connectivity index (χ4n) is 0.562. The van der Waals surface area contributed by atoms with E-state index in [4.69, 9.17) is 8.95 Å². The van der Waals surface area contributed by atoms with Gasteiger partial charge in [-0.2, -0.15) is 0 Å². The number of hydrogen-bond donors (Lipinski definition) is 0. The summed E-state index contributed by atoms with van der Waals surface area (Å²) in [5.74, 6) is 0. The third-order valence-corrected chi connectivity index (χ3v) is 2.84. The van der Waals surface area contributed by atoms with Gasteiger partial charge in [0.05, 0.1) is 12.3 Å². The predicted octanol–water partition coefficient (Wildman–Crippen LogP) is 3.07. The maximum Gasteiger partial charge on any atom is 0.278 e. The summed E-state index contributed by atoms with van der Waals surface area (Å²) in [6, 6.07) is 0. The van der Waals surface area contributed by atoms with Crippen LogP contribution in [-0.2, 0) is 8.95 Å². The monoisotopic (exact) mass is 233 g/mol. The van der Waals surface area contributed by atoms with Gasteiger partial charge in [-0.15, -0.1) is 5.16 Å². The minimum absolute atomic E-state index is 0.597. The second kappa shape index (κ2) is 5.09. The quantitative estimate of drug-likeness (QED) is 0.415. The number of oxime groups is 1. The van der Waals surface area contributed by atoms with Crippen molar-refractivity contribution in [3.05, 3.63) is 0 Å². The Morgan fingerprint density at radius 3 is 1.86 bits per heavy atom. The van der Waals surface area contributed by atoms with Crippen molar-refractivity contribution in [3.63, 3.8) is 0 Å². The standard InChI is InChI=1S/C9H23NO2Si2/c1-9(8-11-13(2,3)4)10-12-14(5,6)7/h8H2,1-7H3. The molecule has 0 aliphatic heterocycles. The van der Waals surface area contributed by atoms with E-state index in [1.54, 1.807) is 0 Å². The van der Waals surface area contributed by atoms with Crippen LogP contribution in [0.1, 0.15) is 6.92 Å². The van der Waals surface area contributed by atoms with Crippen molar-refractivity contribution < 1.29 is 8.95 Å². The molecule has 0 spiro atoms. The molecule has 0 radical (unpaired) electrons. The molecule has 0 bridgehead atoms. The summed E-state index contributed by atoms with van der Waals surface area (Å²) in [5.41, 5.74) is 0.926. The molecule has 84 valence electrons. The Morgan fingerprint density at radius 1 is 1.00 bits per heavy atom. The van der Waals surface area contributed by atoms with Gasteiger partial charge in [0.15, 0.2) is 8.32 Å². The van der Waals surface area contributed by atoms with Gasteiger partial charge in [-0.25, -0.2) is 0 Å². The van der Waals surface area contributed by atoms with Gasteiger partial charge in [-0.1, -0.05) is 0 Å². The zero-order chi connectivity index (χ0) is 11.4. The first-order chi connectivity index (χ1) is 6.10. The average molecular weight is 233 g/mol. The predicted molar refractivity (Wildman–Crippen MR) is 66.8 cm³/mol. The lowest BCUT2D eigenvalue weighted by atomic mass is 10.5. The molecule has 0 saturated carbocycles. The van der Waals surface area contributed by atoms with Gasteiger partial charge in [0.1, 0.15) is 0 Å². The summed E-state index contributed by atoms with van der Waals surface area (Å²) in [5, 5.41) is 4.07. The van der Waals surface area contributed by atoms with Gasteiger partial charge in [-0.05, 0) is 46.2 Å². The smallest absolute Gasteiger partial charge is 0.278 e. The number of nitrogens with zero attached hydrogens (tertiary/aromatic N) is 1.